The molecule has 0 unspecified atom stereocenters. The van der Waals surface area contributed by atoms with Crippen molar-refractivity contribution in [2.24, 2.45) is 0 Å². The maximum absolute atomic E-state index is 12.5. The summed E-state index contributed by atoms with van der Waals surface area (Å²) in [6.07, 6.45) is 5.98. The van der Waals surface area contributed by atoms with Crippen LogP contribution in [0.3, 0.4) is 0 Å². The maximum Gasteiger partial charge on any atom is 0.245 e. The quantitative estimate of drug-likeness (QED) is 0.755. The molecule has 0 saturated heterocycles. The van der Waals surface area contributed by atoms with E-state index in [1.54, 1.807) is 6.07 Å². The molecule has 1 aromatic heterocycles. The van der Waals surface area contributed by atoms with E-state index >= 15 is 0 Å². The van der Waals surface area contributed by atoms with Gasteiger partial charge in [-0.05, 0) is 35.5 Å². The van der Waals surface area contributed by atoms with Crippen LogP contribution in [0.15, 0.2) is 14.7 Å². The van der Waals surface area contributed by atoms with Crippen molar-refractivity contribution in [3.63, 3.8) is 0 Å². The van der Waals surface area contributed by atoms with Crippen LogP contribution in [-0.2, 0) is 16.6 Å². The van der Waals surface area contributed by atoms with Crippen molar-refractivity contribution >= 4 is 37.3 Å². The van der Waals surface area contributed by atoms with Crippen molar-refractivity contribution in [3.8, 4) is 12.3 Å². The smallest absolute Gasteiger partial charge is 0.245 e. The number of hydrogen-bond acceptors (Lipinski definition) is 4. The summed E-state index contributed by atoms with van der Waals surface area (Å²) < 4.78 is 27.0. The molecule has 0 aliphatic rings. The van der Waals surface area contributed by atoms with Gasteiger partial charge < -0.3 is 5.32 Å². The van der Waals surface area contributed by atoms with E-state index in [-0.39, 0.29) is 6.54 Å². The first-order chi connectivity index (χ1) is 8.97. The predicted octanol–water partition coefficient (Wildman–Crippen LogP) is 2.26. The lowest BCUT2D eigenvalue weighted by atomic mass is 10.5. The SMILES string of the molecule is C#CCN(CCC)S(=O)(=O)c1cc(CNC)sc1Br. The maximum atomic E-state index is 12.5. The lowest BCUT2D eigenvalue weighted by molar-refractivity contribution is 0.445. The van der Waals surface area contributed by atoms with Crippen molar-refractivity contribution in [3.05, 3.63) is 14.7 Å². The molecule has 0 saturated carbocycles. The Morgan fingerprint density at radius 3 is 2.79 bits per heavy atom. The van der Waals surface area contributed by atoms with Gasteiger partial charge in [0.25, 0.3) is 0 Å². The molecule has 1 rings (SSSR count). The molecule has 0 bridgehead atoms. The van der Waals surface area contributed by atoms with E-state index in [0.717, 1.165) is 11.3 Å². The molecule has 1 aromatic rings. The van der Waals surface area contributed by atoms with Crippen LogP contribution in [0.2, 0.25) is 0 Å². The summed E-state index contributed by atoms with van der Waals surface area (Å²) in [5, 5.41) is 3.00. The number of terminal acetylenes is 1. The first kappa shape index (κ1) is 16.7. The first-order valence-electron chi connectivity index (χ1n) is 5.83. The molecule has 1 heterocycles. The Hall–Kier alpha value is -0.390. The third-order valence-corrected chi connectivity index (χ3v) is 6.51. The molecule has 0 atom stereocenters. The molecule has 0 aromatic carbocycles. The number of hydrogen-bond donors (Lipinski definition) is 1. The average molecular weight is 365 g/mol. The van der Waals surface area contributed by atoms with Crippen molar-refractivity contribution in [2.45, 2.75) is 24.8 Å². The Labute approximate surface area is 127 Å². The molecule has 7 heteroatoms. The molecule has 0 radical (unpaired) electrons. The van der Waals surface area contributed by atoms with Crippen LogP contribution in [0.1, 0.15) is 18.2 Å². The standard InChI is InChI=1S/C12H17BrN2O2S2/c1-4-6-15(7-5-2)19(16,17)11-8-10(9-14-3)18-12(11)13/h1,8,14H,5-7,9H2,2-3H3. The Morgan fingerprint density at radius 1 is 1.58 bits per heavy atom. The lowest BCUT2D eigenvalue weighted by Gasteiger charge is -2.18. The first-order valence-corrected chi connectivity index (χ1v) is 8.88. The molecule has 106 valence electrons. The molecule has 1 N–H and O–H groups in total. The number of nitrogens with zero attached hydrogens (tertiary/aromatic N) is 1. The third-order valence-electron chi connectivity index (χ3n) is 2.42. The molecule has 0 aliphatic heterocycles. The summed E-state index contributed by atoms with van der Waals surface area (Å²) in [5.41, 5.74) is 0. The van der Waals surface area contributed by atoms with E-state index in [1.807, 2.05) is 14.0 Å². The van der Waals surface area contributed by atoms with Crippen molar-refractivity contribution in [2.75, 3.05) is 20.1 Å². The van der Waals surface area contributed by atoms with E-state index in [9.17, 15) is 8.42 Å². The largest absolute Gasteiger partial charge is 0.315 e. The Morgan fingerprint density at radius 2 is 2.26 bits per heavy atom. The fourth-order valence-electron chi connectivity index (χ4n) is 1.61. The number of sulfonamides is 1. The van der Waals surface area contributed by atoms with E-state index in [0.29, 0.717) is 21.8 Å². The van der Waals surface area contributed by atoms with Gasteiger partial charge >= 0.3 is 0 Å². The fraction of sp³-hybridized carbons (Fsp3) is 0.500. The van der Waals surface area contributed by atoms with Crippen LogP contribution in [0, 0.1) is 12.3 Å². The second-order valence-electron chi connectivity index (χ2n) is 3.92. The van der Waals surface area contributed by atoms with Crippen LogP contribution in [0.25, 0.3) is 0 Å². The van der Waals surface area contributed by atoms with E-state index in [1.165, 1.54) is 15.6 Å². The van der Waals surface area contributed by atoms with Crippen LogP contribution in [0.4, 0.5) is 0 Å². The third kappa shape index (κ3) is 4.04. The zero-order valence-corrected chi connectivity index (χ0v) is 14.2. The van der Waals surface area contributed by atoms with Gasteiger partial charge in [0.05, 0.1) is 10.3 Å². The monoisotopic (exact) mass is 364 g/mol. The van der Waals surface area contributed by atoms with Gasteiger partial charge in [-0.3, -0.25) is 0 Å². The van der Waals surface area contributed by atoms with Gasteiger partial charge in [0, 0.05) is 18.0 Å². The highest BCUT2D eigenvalue weighted by Crippen LogP contribution is 2.33. The van der Waals surface area contributed by atoms with Crippen LogP contribution in [-0.4, -0.2) is 32.9 Å². The highest BCUT2D eigenvalue weighted by molar-refractivity contribution is 9.11. The molecular formula is C12H17BrN2O2S2. The average Bonchev–Trinajstić information content (AvgIpc) is 2.71. The van der Waals surface area contributed by atoms with Gasteiger partial charge in [-0.2, -0.15) is 4.31 Å². The van der Waals surface area contributed by atoms with Gasteiger partial charge in [-0.15, -0.1) is 17.8 Å². The van der Waals surface area contributed by atoms with Crippen LogP contribution in [0.5, 0.6) is 0 Å². The van der Waals surface area contributed by atoms with E-state index in [2.05, 4.69) is 27.2 Å². The van der Waals surface area contributed by atoms with Crippen molar-refractivity contribution in [1.29, 1.82) is 0 Å². The van der Waals surface area contributed by atoms with E-state index in [4.69, 9.17) is 6.42 Å². The van der Waals surface area contributed by atoms with Crippen LogP contribution >= 0.6 is 27.3 Å². The Bertz CT molecular complexity index is 561. The summed E-state index contributed by atoms with van der Waals surface area (Å²) >= 11 is 4.74. The molecule has 0 fully saturated rings. The van der Waals surface area contributed by atoms with Gasteiger partial charge in [0.15, 0.2) is 0 Å². The molecule has 4 nitrogen and oxygen atoms in total. The minimum absolute atomic E-state index is 0.0970. The minimum atomic E-state index is -3.53. The number of rotatable bonds is 7. The van der Waals surface area contributed by atoms with Crippen LogP contribution < -0.4 is 5.32 Å². The Kier molecular flexibility index (Phi) is 6.50. The minimum Gasteiger partial charge on any atom is -0.315 e. The van der Waals surface area contributed by atoms with Gasteiger partial charge in [-0.1, -0.05) is 12.8 Å². The topological polar surface area (TPSA) is 49.4 Å². The highest BCUT2D eigenvalue weighted by atomic mass is 79.9. The summed E-state index contributed by atoms with van der Waals surface area (Å²) in [7, 11) is -1.70. The Balaban J connectivity index is 3.14. The summed E-state index contributed by atoms with van der Waals surface area (Å²) in [6, 6.07) is 1.69. The van der Waals surface area contributed by atoms with Crippen molar-refractivity contribution < 1.29 is 8.42 Å². The lowest BCUT2D eigenvalue weighted by Crippen LogP contribution is -2.32. The molecule has 19 heavy (non-hydrogen) atoms. The highest BCUT2D eigenvalue weighted by Gasteiger charge is 2.27. The predicted molar refractivity (Wildman–Crippen MR) is 82.7 cm³/mol. The van der Waals surface area contributed by atoms with Gasteiger partial charge in [-0.25, -0.2) is 8.42 Å². The summed E-state index contributed by atoms with van der Waals surface area (Å²) in [6.45, 7) is 3.09. The second-order valence-corrected chi connectivity index (χ2v) is 8.28. The molecule has 0 spiro atoms. The zero-order chi connectivity index (χ0) is 14.5. The van der Waals surface area contributed by atoms with Gasteiger partial charge in [0.2, 0.25) is 10.0 Å². The van der Waals surface area contributed by atoms with Gasteiger partial charge in [0.1, 0.15) is 4.90 Å². The second kappa shape index (κ2) is 7.41. The summed E-state index contributed by atoms with van der Waals surface area (Å²) in [5.74, 6) is 2.40. The van der Waals surface area contributed by atoms with Crippen molar-refractivity contribution in [1.82, 2.24) is 9.62 Å². The fourth-order valence-corrected chi connectivity index (χ4v) is 5.70. The molecular weight excluding hydrogens is 348 g/mol. The number of nitrogens with one attached hydrogen (secondary N) is 1. The number of thiophene rings is 1. The summed E-state index contributed by atoms with van der Waals surface area (Å²) in [4.78, 5) is 1.26. The molecule has 0 aliphatic carbocycles. The van der Waals surface area contributed by atoms with E-state index < -0.39 is 10.0 Å². The molecule has 0 amide bonds. The number of halogens is 1. The normalized spacial score (nSPS) is 11.7. The zero-order valence-electron chi connectivity index (χ0n) is 10.9.